The molecule has 3 heterocycles. The molecule has 0 radical (unpaired) electrons. The van der Waals surface area contributed by atoms with Gasteiger partial charge in [-0.1, -0.05) is 62.8 Å². The van der Waals surface area contributed by atoms with Crippen LogP contribution in [0.25, 0.3) is 0 Å². The van der Waals surface area contributed by atoms with E-state index in [1.165, 1.54) is 0 Å². The average Bonchev–Trinajstić information content (AvgIpc) is 3.61. The number of allylic oxidation sites excluding steroid dienone is 1. The van der Waals surface area contributed by atoms with E-state index in [1.807, 2.05) is 43.3 Å². The quantitative estimate of drug-likeness (QED) is 0.166. The Labute approximate surface area is 250 Å². The van der Waals surface area contributed by atoms with Crippen LogP contribution in [0.4, 0.5) is 0 Å². The second-order valence-electron chi connectivity index (χ2n) is 12.0. The van der Waals surface area contributed by atoms with Crippen LogP contribution in [0.5, 0.6) is 0 Å². The summed E-state index contributed by atoms with van der Waals surface area (Å²) < 4.78 is 12.7. The third-order valence-electron chi connectivity index (χ3n) is 9.51. The van der Waals surface area contributed by atoms with E-state index < -0.39 is 41.1 Å². The molecule has 3 saturated heterocycles. The van der Waals surface area contributed by atoms with Crippen LogP contribution in [0.3, 0.4) is 0 Å². The summed E-state index contributed by atoms with van der Waals surface area (Å²) in [4.78, 5) is 46.2. The lowest BCUT2D eigenvalue weighted by atomic mass is 9.65. The minimum atomic E-state index is -1.16. The first-order valence-corrected chi connectivity index (χ1v) is 15.7. The van der Waals surface area contributed by atoms with Crippen molar-refractivity contribution in [1.82, 2.24) is 9.80 Å². The number of esters is 1. The number of carbonyl (C=O) groups is 3. The fourth-order valence-electron chi connectivity index (χ4n) is 7.45. The van der Waals surface area contributed by atoms with Crippen molar-refractivity contribution in [2.45, 2.75) is 94.9 Å². The number of benzene rings is 1. The van der Waals surface area contributed by atoms with Crippen LogP contribution in [-0.4, -0.2) is 82.3 Å². The van der Waals surface area contributed by atoms with Gasteiger partial charge in [-0.25, -0.2) is 0 Å². The number of amides is 2. The molecule has 1 aromatic carbocycles. The van der Waals surface area contributed by atoms with Crippen molar-refractivity contribution in [3.8, 4) is 0 Å². The Morgan fingerprint density at radius 1 is 1.17 bits per heavy atom. The van der Waals surface area contributed by atoms with Gasteiger partial charge >= 0.3 is 5.97 Å². The van der Waals surface area contributed by atoms with Crippen molar-refractivity contribution >= 4 is 17.8 Å². The Hall–Kier alpha value is -2.97. The van der Waals surface area contributed by atoms with Crippen LogP contribution in [0.2, 0.25) is 0 Å². The third kappa shape index (κ3) is 5.80. The number of hydrogen-bond donors (Lipinski definition) is 1. The first-order valence-electron chi connectivity index (χ1n) is 15.7. The SMILES string of the molecule is C=CCCCCOC(=O)[C@@H]1[C@H]2C(=O)N([C@@H](CO)Cc3ccccc3)C(C(=O)N(CC=C)CCCC)C23CC[C@@]1(CC)O3. The molecule has 1 N–H and O–H groups in total. The summed E-state index contributed by atoms with van der Waals surface area (Å²) in [5.74, 6) is -2.59. The van der Waals surface area contributed by atoms with Gasteiger partial charge in [-0.3, -0.25) is 14.4 Å². The van der Waals surface area contributed by atoms with Crippen LogP contribution in [0.1, 0.15) is 70.8 Å². The summed E-state index contributed by atoms with van der Waals surface area (Å²) in [5.41, 5.74) is -1.07. The lowest BCUT2D eigenvalue weighted by Crippen LogP contribution is -2.59. The molecular formula is C34H48N2O6. The first-order chi connectivity index (χ1) is 20.3. The van der Waals surface area contributed by atoms with E-state index in [4.69, 9.17) is 9.47 Å². The highest BCUT2D eigenvalue weighted by atomic mass is 16.6. The van der Waals surface area contributed by atoms with Crippen molar-refractivity contribution in [3.63, 3.8) is 0 Å². The molecule has 1 aromatic rings. The summed E-state index contributed by atoms with van der Waals surface area (Å²) >= 11 is 0. The molecule has 8 nitrogen and oxygen atoms in total. The molecular weight excluding hydrogens is 532 g/mol. The molecule has 2 bridgehead atoms. The van der Waals surface area contributed by atoms with Gasteiger partial charge in [0.25, 0.3) is 0 Å². The summed E-state index contributed by atoms with van der Waals surface area (Å²) in [6, 6.07) is 8.04. The number of aliphatic hydroxyl groups excluding tert-OH is 1. The lowest BCUT2D eigenvalue weighted by molar-refractivity contribution is -0.163. The van der Waals surface area contributed by atoms with E-state index >= 15 is 0 Å². The Kier molecular flexibility index (Phi) is 10.7. The van der Waals surface area contributed by atoms with Gasteiger partial charge < -0.3 is 24.4 Å². The molecule has 0 saturated carbocycles. The van der Waals surface area contributed by atoms with Crippen LogP contribution in [0, 0.1) is 11.8 Å². The smallest absolute Gasteiger partial charge is 0.312 e. The van der Waals surface area contributed by atoms with Crippen molar-refractivity contribution < 1.29 is 29.0 Å². The highest BCUT2D eigenvalue weighted by Crippen LogP contribution is 2.65. The van der Waals surface area contributed by atoms with Crippen molar-refractivity contribution in [2.75, 3.05) is 26.3 Å². The summed E-state index contributed by atoms with van der Waals surface area (Å²) in [7, 11) is 0. The van der Waals surface area contributed by atoms with E-state index in [0.717, 1.165) is 31.2 Å². The molecule has 2 amide bonds. The largest absolute Gasteiger partial charge is 0.465 e. The van der Waals surface area contributed by atoms with Gasteiger partial charge in [-0.05, 0) is 56.9 Å². The van der Waals surface area contributed by atoms with E-state index in [-0.39, 0.29) is 25.0 Å². The molecule has 8 heteroatoms. The number of likely N-dealkylation sites (tertiary alicyclic amines) is 1. The average molecular weight is 581 g/mol. The zero-order valence-electron chi connectivity index (χ0n) is 25.3. The Morgan fingerprint density at radius 3 is 2.57 bits per heavy atom. The number of nitrogens with zero attached hydrogens (tertiary/aromatic N) is 2. The van der Waals surface area contributed by atoms with Gasteiger partial charge in [0.05, 0.1) is 30.8 Å². The number of rotatable bonds is 17. The minimum Gasteiger partial charge on any atom is -0.465 e. The molecule has 3 fully saturated rings. The van der Waals surface area contributed by atoms with Crippen LogP contribution < -0.4 is 0 Å². The summed E-state index contributed by atoms with van der Waals surface area (Å²) in [6.45, 7) is 12.5. The van der Waals surface area contributed by atoms with E-state index in [9.17, 15) is 19.5 Å². The lowest BCUT2D eigenvalue weighted by Gasteiger charge is -2.39. The predicted molar refractivity (Wildman–Crippen MR) is 161 cm³/mol. The second kappa shape index (κ2) is 14.0. The summed E-state index contributed by atoms with van der Waals surface area (Å²) in [6.07, 6.45) is 9.65. The molecule has 4 rings (SSSR count). The highest BCUT2D eigenvalue weighted by molar-refractivity contribution is 5.98. The molecule has 6 atom stereocenters. The molecule has 3 aliphatic rings. The number of unbranched alkanes of at least 4 members (excludes halogenated alkanes) is 3. The van der Waals surface area contributed by atoms with Crippen molar-refractivity contribution in [2.24, 2.45) is 11.8 Å². The van der Waals surface area contributed by atoms with Crippen LogP contribution in [-0.2, 0) is 30.3 Å². The molecule has 0 aliphatic carbocycles. The van der Waals surface area contributed by atoms with Gasteiger partial charge in [0.15, 0.2) is 0 Å². The van der Waals surface area contributed by atoms with Gasteiger partial charge in [0.2, 0.25) is 11.8 Å². The zero-order chi connectivity index (χ0) is 30.3. The maximum absolute atomic E-state index is 14.6. The van der Waals surface area contributed by atoms with E-state index in [2.05, 4.69) is 20.1 Å². The molecule has 230 valence electrons. The number of fused-ring (bicyclic) bond motifs is 1. The standard InChI is InChI=1S/C34H48N2O6/c1-5-9-11-15-22-41-32(40)28-27-30(38)36(26(24-37)23-25-16-13-12-14-17-25)29(31(39)35(20-7-3)21-10-6-2)34(27)19-18-33(28,8-4)42-34/h5,7,12-14,16-17,26-29,37H,1,3,6,8-11,15,18-24H2,2,4H3/t26-,27+,28+,29?,33-,34?/m1/s1. The van der Waals surface area contributed by atoms with Gasteiger partial charge in [0.1, 0.15) is 17.6 Å². The molecule has 0 aromatic heterocycles. The molecule has 42 heavy (non-hydrogen) atoms. The first kappa shape index (κ1) is 32.0. The van der Waals surface area contributed by atoms with E-state index in [0.29, 0.717) is 45.2 Å². The number of carbonyl (C=O) groups excluding carboxylic acids is 3. The number of hydrogen-bond acceptors (Lipinski definition) is 6. The second-order valence-corrected chi connectivity index (χ2v) is 12.0. The minimum absolute atomic E-state index is 0.212. The Balaban J connectivity index is 1.74. The summed E-state index contributed by atoms with van der Waals surface area (Å²) in [5, 5.41) is 10.7. The topological polar surface area (TPSA) is 96.4 Å². The van der Waals surface area contributed by atoms with Gasteiger partial charge in [0, 0.05) is 13.1 Å². The molecule has 2 unspecified atom stereocenters. The normalized spacial score (nSPS) is 28.4. The fraction of sp³-hybridized carbons (Fsp3) is 0.618. The molecule has 3 aliphatic heterocycles. The monoisotopic (exact) mass is 580 g/mol. The number of ether oxygens (including phenoxy) is 2. The Morgan fingerprint density at radius 2 is 1.93 bits per heavy atom. The highest BCUT2D eigenvalue weighted by Gasteiger charge is 2.79. The predicted octanol–water partition coefficient (Wildman–Crippen LogP) is 4.46. The maximum Gasteiger partial charge on any atom is 0.312 e. The third-order valence-corrected chi connectivity index (χ3v) is 9.51. The van der Waals surface area contributed by atoms with Crippen molar-refractivity contribution in [1.29, 1.82) is 0 Å². The van der Waals surface area contributed by atoms with Gasteiger partial charge in [-0.2, -0.15) is 0 Å². The van der Waals surface area contributed by atoms with Crippen molar-refractivity contribution in [3.05, 3.63) is 61.2 Å². The fourth-order valence-corrected chi connectivity index (χ4v) is 7.45. The van der Waals surface area contributed by atoms with Crippen LogP contribution >= 0.6 is 0 Å². The Bertz CT molecular complexity index is 1120. The zero-order valence-corrected chi connectivity index (χ0v) is 25.3. The van der Waals surface area contributed by atoms with E-state index in [1.54, 1.807) is 15.9 Å². The number of aliphatic hydroxyl groups is 1. The maximum atomic E-state index is 14.6. The van der Waals surface area contributed by atoms with Crippen LogP contribution in [0.15, 0.2) is 55.6 Å². The van der Waals surface area contributed by atoms with Gasteiger partial charge in [-0.15, -0.1) is 13.2 Å². The molecule has 1 spiro atoms.